The summed E-state index contributed by atoms with van der Waals surface area (Å²) in [7, 11) is 0. The van der Waals surface area contributed by atoms with E-state index >= 15 is 0 Å². The van der Waals surface area contributed by atoms with E-state index < -0.39 is 0 Å². The van der Waals surface area contributed by atoms with Gasteiger partial charge in [0.1, 0.15) is 6.61 Å². The zero-order chi connectivity index (χ0) is 12.5. The van der Waals surface area contributed by atoms with Crippen molar-refractivity contribution in [3.8, 4) is 0 Å². The number of alkyl halides is 1. The van der Waals surface area contributed by atoms with Crippen LogP contribution < -0.4 is 5.32 Å². The third-order valence-corrected chi connectivity index (χ3v) is 2.51. The summed E-state index contributed by atoms with van der Waals surface area (Å²) in [5.41, 5.74) is 1.99. The van der Waals surface area contributed by atoms with Crippen molar-refractivity contribution in [1.82, 2.24) is 0 Å². The fourth-order valence-corrected chi connectivity index (χ4v) is 1.60. The first-order valence-corrected chi connectivity index (χ1v) is 6.32. The van der Waals surface area contributed by atoms with Crippen molar-refractivity contribution >= 4 is 23.2 Å². The summed E-state index contributed by atoms with van der Waals surface area (Å²) in [4.78, 5) is 11.4. The van der Waals surface area contributed by atoms with Crippen LogP contribution in [0.15, 0.2) is 24.3 Å². The molecule has 3 nitrogen and oxygen atoms in total. The second-order valence-electron chi connectivity index (χ2n) is 3.68. The third kappa shape index (κ3) is 5.71. The van der Waals surface area contributed by atoms with Gasteiger partial charge in [0, 0.05) is 18.2 Å². The molecular weight excluding hydrogens is 238 g/mol. The van der Waals surface area contributed by atoms with Crippen molar-refractivity contribution in [3.05, 3.63) is 29.8 Å². The Morgan fingerprint density at radius 1 is 1.47 bits per heavy atom. The number of benzene rings is 1. The lowest BCUT2D eigenvalue weighted by molar-refractivity contribution is -0.120. The maximum absolute atomic E-state index is 11.4. The van der Waals surface area contributed by atoms with Crippen LogP contribution in [0, 0.1) is 0 Å². The second kappa shape index (κ2) is 8.09. The van der Waals surface area contributed by atoms with Gasteiger partial charge in [-0.25, -0.2) is 0 Å². The highest BCUT2D eigenvalue weighted by Gasteiger charge is 2.02. The predicted molar refractivity (Wildman–Crippen MR) is 70.6 cm³/mol. The van der Waals surface area contributed by atoms with Crippen molar-refractivity contribution in [2.45, 2.75) is 19.8 Å². The van der Waals surface area contributed by atoms with Crippen LogP contribution in [-0.4, -0.2) is 25.0 Å². The molecule has 0 bridgehead atoms. The molecule has 0 aliphatic carbocycles. The Morgan fingerprint density at radius 3 is 3.00 bits per heavy atom. The predicted octanol–water partition coefficient (Wildman–Crippen LogP) is 2.83. The van der Waals surface area contributed by atoms with Gasteiger partial charge in [-0.1, -0.05) is 12.1 Å². The smallest absolute Gasteiger partial charge is 0.250 e. The highest BCUT2D eigenvalue weighted by molar-refractivity contribution is 6.17. The van der Waals surface area contributed by atoms with Crippen molar-refractivity contribution in [3.63, 3.8) is 0 Å². The molecule has 17 heavy (non-hydrogen) atoms. The summed E-state index contributed by atoms with van der Waals surface area (Å²) in [6, 6.07) is 7.80. The third-order valence-electron chi connectivity index (χ3n) is 2.25. The van der Waals surface area contributed by atoms with Crippen molar-refractivity contribution in [1.29, 1.82) is 0 Å². The van der Waals surface area contributed by atoms with Gasteiger partial charge in [-0.3, -0.25) is 4.79 Å². The van der Waals surface area contributed by atoms with Crippen LogP contribution in [0.2, 0.25) is 0 Å². The number of carbonyl (C=O) groups excluding carboxylic acids is 1. The van der Waals surface area contributed by atoms with Gasteiger partial charge in [-0.15, -0.1) is 11.6 Å². The molecule has 0 radical (unpaired) electrons. The quantitative estimate of drug-likeness (QED) is 0.761. The minimum absolute atomic E-state index is 0.0996. The monoisotopic (exact) mass is 255 g/mol. The number of halogens is 1. The normalized spacial score (nSPS) is 10.2. The number of amides is 1. The Morgan fingerprint density at radius 2 is 2.29 bits per heavy atom. The van der Waals surface area contributed by atoms with Crippen molar-refractivity contribution < 1.29 is 9.53 Å². The molecule has 0 unspecified atom stereocenters. The molecule has 0 saturated carbocycles. The Balaban J connectivity index is 2.50. The zero-order valence-corrected chi connectivity index (χ0v) is 10.8. The minimum atomic E-state index is -0.124. The lowest BCUT2D eigenvalue weighted by Crippen LogP contribution is -2.18. The van der Waals surface area contributed by atoms with Crippen molar-refractivity contribution in [2.75, 3.05) is 24.4 Å². The molecule has 0 spiro atoms. The number of carbonyl (C=O) groups is 1. The molecule has 94 valence electrons. The molecule has 0 atom stereocenters. The minimum Gasteiger partial charge on any atom is -0.372 e. The number of nitrogens with one attached hydrogen (secondary N) is 1. The Bertz CT molecular complexity index is 355. The van der Waals surface area contributed by atoms with Gasteiger partial charge in [0.05, 0.1) is 0 Å². The molecule has 0 aliphatic rings. The van der Waals surface area contributed by atoms with E-state index in [1.807, 2.05) is 31.2 Å². The van der Waals surface area contributed by atoms with Crippen LogP contribution in [0.1, 0.15) is 18.9 Å². The summed E-state index contributed by atoms with van der Waals surface area (Å²) in [5.74, 6) is 0.530. The lowest BCUT2D eigenvalue weighted by Gasteiger charge is -2.07. The van der Waals surface area contributed by atoms with Gasteiger partial charge in [-0.2, -0.15) is 0 Å². The van der Waals surface area contributed by atoms with E-state index in [0.29, 0.717) is 12.5 Å². The summed E-state index contributed by atoms with van der Waals surface area (Å²) in [6.45, 7) is 2.51. The van der Waals surface area contributed by atoms with Gasteiger partial charge < -0.3 is 10.1 Å². The van der Waals surface area contributed by atoms with Gasteiger partial charge in [-0.05, 0) is 37.5 Å². The lowest BCUT2D eigenvalue weighted by atomic mass is 10.1. The number of anilines is 1. The maximum Gasteiger partial charge on any atom is 0.250 e. The Labute approximate surface area is 107 Å². The topological polar surface area (TPSA) is 38.3 Å². The van der Waals surface area contributed by atoms with Crippen LogP contribution in [0.25, 0.3) is 0 Å². The largest absolute Gasteiger partial charge is 0.372 e. The fraction of sp³-hybridized carbons (Fsp3) is 0.462. The van der Waals surface area contributed by atoms with E-state index in [-0.39, 0.29) is 12.5 Å². The molecular formula is C13H18ClNO2. The SMILES string of the molecule is CCOCC(=O)Nc1cccc(CCCCl)c1. The summed E-state index contributed by atoms with van der Waals surface area (Å²) < 4.78 is 5.03. The molecule has 1 rings (SSSR count). The second-order valence-corrected chi connectivity index (χ2v) is 4.06. The van der Waals surface area contributed by atoms with Crippen LogP contribution in [0.3, 0.4) is 0 Å². The average Bonchev–Trinajstić information content (AvgIpc) is 2.34. The number of rotatable bonds is 7. The molecule has 0 heterocycles. The first kappa shape index (κ1) is 14.0. The van der Waals surface area contributed by atoms with Gasteiger partial charge in [0.15, 0.2) is 0 Å². The highest BCUT2D eigenvalue weighted by Crippen LogP contribution is 2.12. The van der Waals surface area contributed by atoms with E-state index in [1.54, 1.807) is 0 Å². The Kier molecular flexibility index (Phi) is 6.67. The van der Waals surface area contributed by atoms with Gasteiger partial charge in [0.25, 0.3) is 0 Å². The van der Waals surface area contributed by atoms with Crippen LogP contribution in [0.5, 0.6) is 0 Å². The number of hydrogen-bond donors (Lipinski definition) is 1. The number of aryl methyl sites for hydroxylation is 1. The van der Waals surface area contributed by atoms with Crippen molar-refractivity contribution in [2.24, 2.45) is 0 Å². The molecule has 0 aliphatic heterocycles. The summed E-state index contributed by atoms with van der Waals surface area (Å²) >= 11 is 5.65. The zero-order valence-electron chi connectivity index (χ0n) is 10.0. The van der Waals surface area contributed by atoms with E-state index in [2.05, 4.69) is 5.32 Å². The average molecular weight is 256 g/mol. The van der Waals surface area contributed by atoms with E-state index in [9.17, 15) is 4.79 Å². The summed E-state index contributed by atoms with van der Waals surface area (Å²) in [6.07, 6.45) is 1.87. The highest BCUT2D eigenvalue weighted by atomic mass is 35.5. The van der Waals surface area contributed by atoms with Crippen LogP contribution in [-0.2, 0) is 16.0 Å². The van der Waals surface area contributed by atoms with Gasteiger partial charge in [0.2, 0.25) is 5.91 Å². The Hall–Kier alpha value is -1.06. The number of hydrogen-bond acceptors (Lipinski definition) is 2. The van der Waals surface area contributed by atoms with E-state index in [0.717, 1.165) is 18.5 Å². The molecule has 0 saturated heterocycles. The maximum atomic E-state index is 11.4. The van der Waals surface area contributed by atoms with Gasteiger partial charge >= 0.3 is 0 Å². The first-order valence-electron chi connectivity index (χ1n) is 5.78. The number of ether oxygens (including phenoxy) is 1. The molecule has 1 aromatic carbocycles. The van der Waals surface area contributed by atoms with Crippen LogP contribution >= 0.6 is 11.6 Å². The van der Waals surface area contributed by atoms with E-state index in [4.69, 9.17) is 16.3 Å². The van der Waals surface area contributed by atoms with E-state index in [1.165, 1.54) is 5.56 Å². The standard InChI is InChI=1S/C13H18ClNO2/c1-2-17-10-13(16)15-12-7-3-5-11(9-12)6-4-8-14/h3,5,7,9H,2,4,6,8,10H2,1H3,(H,15,16). The molecule has 1 N–H and O–H groups in total. The molecule has 1 amide bonds. The molecule has 0 fully saturated rings. The first-order chi connectivity index (χ1) is 8.26. The molecule has 4 heteroatoms. The summed E-state index contributed by atoms with van der Waals surface area (Å²) in [5, 5.41) is 2.80. The molecule has 1 aromatic rings. The molecule has 0 aromatic heterocycles. The van der Waals surface area contributed by atoms with Crippen LogP contribution in [0.4, 0.5) is 5.69 Å². The fourth-order valence-electron chi connectivity index (χ4n) is 1.47.